The number of non-ortho nitro benzene ring substituents is 1. The number of thioether (sulfide) groups is 1. The summed E-state index contributed by atoms with van der Waals surface area (Å²) in [6.07, 6.45) is 2.96. The lowest BCUT2D eigenvalue weighted by Crippen LogP contribution is -2.37. The minimum atomic E-state index is -0.460. The van der Waals surface area contributed by atoms with Gasteiger partial charge in [-0.05, 0) is 12.0 Å². The lowest BCUT2D eigenvalue weighted by Gasteiger charge is -2.28. The standard InChI is InChI=1S/C22H27N7O4S/c1-2-13-34-22-25-20(27-9-11-33-12-10-27)18-15-24-28(21(18)26-22)8-7-23-19(30)14-16-3-5-17(6-4-16)29(31)32/h3-6,15H,2,7-14H2,1H3,(H,23,30). The number of hydrogen-bond acceptors (Lipinski definition) is 9. The summed E-state index contributed by atoms with van der Waals surface area (Å²) in [6, 6.07) is 5.99. The molecule has 180 valence electrons. The Morgan fingerprint density at radius 3 is 2.71 bits per heavy atom. The fourth-order valence-electron chi connectivity index (χ4n) is 3.64. The van der Waals surface area contributed by atoms with E-state index in [0.717, 1.165) is 47.3 Å². The van der Waals surface area contributed by atoms with E-state index in [2.05, 4.69) is 22.2 Å². The number of hydrogen-bond donors (Lipinski definition) is 1. The van der Waals surface area contributed by atoms with Crippen molar-refractivity contribution in [1.82, 2.24) is 25.1 Å². The number of morpholine rings is 1. The summed E-state index contributed by atoms with van der Waals surface area (Å²) in [5.74, 6) is 1.65. The van der Waals surface area contributed by atoms with Crippen molar-refractivity contribution < 1.29 is 14.5 Å². The number of amides is 1. The van der Waals surface area contributed by atoms with E-state index in [4.69, 9.17) is 14.7 Å². The second-order valence-corrected chi connectivity index (χ2v) is 8.90. The van der Waals surface area contributed by atoms with Gasteiger partial charge in [0.25, 0.3) is 5.69 Å². The Bertz CT molecular complexity index is 1150. The van der Waals surface area contributed by atoms with Gasteiger partial charge in [0, 0.05) is 37.5 Å². The average Bonchev–Trinajstić information content (AvgIpc) is 3.26. The molecular weight excluding hydrogens is 458 g/mol. The van der Waals surface area contributed by atoms with Crippen molar-refractivity contribution in [2.45, 2.75) is 31.5 Å². The van der Waals surface area contributed by atoms with Crippen molar-refractivity contribution in [1.29, 1.82) is 0 Å². The van der Waals surface area contributed by atoms with E-state index >= 15 is 0 Å². The number of ether oxygens (including phenoxy) is 1. The number of rotatable bonds is 10. The molecule has 1 aromatic carbocycles. The summed E-state index contributed by atoms with van der Waals surface area (Å²) in [7, 11) is 0. The van der Waals surface area contributed by atoms with Crippen molar-refractivity contribution in [3.8, 4) is 0 Å². The molecule has 1 N–H and O–H groups in total. The molecule has 1 aliphatic heterocycles. The van der Waals surface area contributed by atoms with Crippen LogP contribution >= 0.6 is 11.8 Å². The highest BCUT2D eigenvalue weighted by Gasteiger charge is 2.20. The van der Waals surface area contributed by atoms with Crippen LogP contribution in [0.3, 0.4) is 0 Å². The molecule has 11 nitrogen and oxygen atoms in total. The summed E-state index contributed by atoms with van der Waals surface area (Å²) in [5.41, 5.74) is 1.47. The van der Waals surface area contributed by atoms with Crippen LogP contribution in [0.15, 0.2) is 35.6 Å². The number of fused-ring (bicyclic) bond motifs is 1. The zero-order valence-corrected chi connectivity index (χ0v) is 19.8. The number of carbonyl (C=O) groups is 1. The minimum Gasteiger partial charge on any atom is -0.378 e. The summed E-state index contributed by atoms with van der Waals surface area (Å²) in [4.78, 5) is 34.4. The highest BCUT2D eigenvalue weighted by Crippen LogP contribution is 2.28. The van der Waals surface area contributed by atoms with Gasteiger partial charge in [0.15, 0.2) is 10.8 Å². The second-order valence-electron chi connectivity index (χ2n) is 7.83. The molecular formula is C22H27N7O4S. The van der Waals surface area contributed by atoms with E-state index in [0.29, 0.717) is 31.9 Å². The maximum Gasteiger partial charge on any atom is 0.269 e. The largest absolute Gasteiger partial charge is 0.378 e. The monoisotopic (exact) mass is 485 g/mol. The molecule has 0 aliphatic carbocycles. The number of nitro groups is 1. The summed E-state index contributed by atoms with van der Waals surface area (Å²) >= 11 is 1.63. The Balaban J connectivity index is 1.43. The first kappa shape index (κ1) is 23.9. The smallest absolute Gasteiger partial charge is 0.269 e. The number of nitro benzene ring substituents is 1. The third-order valence-corrected chi connectivity index (χ3v) is 6.41. The number of nitrogens with one attached hydrogen (secondary N) is 1. The third kappa shape index (κ3) is 5.81. The Hall–Kier alpha value is -3.25. The molecule has 0 atom stereocenters. The van der Waals surface area contributed by atoms with Crippen molar-refractivity contribution >= 4 is 40.2 Å². The van der Waals surface area contributed by atoms with Crippen molar-refractivity contribution in [3.05, 3.63) is 46.1 Å². The predicted molar refractivity (Wildman–Crippen MR) is 129 cm³/mol. The van der Waals surface area contributed by atoms with Crippen molar-refractivity contribution in [3.63, 3.8) is 0 Å². The number of benzene rings is 1. The highest BCUT2D eigenvalue weighted by atomic mass is 32.2. The zero-order valence-electron chi connectivity index (χ0n) is 19.0. The normalized spacial score (nSPS) is 13.9. The van der Waals surface area contributed by atoms with Crippen LogP contribution in [0.4, 0.5) is 11.5 Å². The average molecular weight is 486 g/mol. The van der Waals surface area contributed by atoms with E-state index in [9.17, 15) is 14.9 Å². The van der Waals surface area contributed by atoms with Crippen LogP contribution < -0.4 is 10.2 Å². The van der Waals surface area contributed by atoms with Gasteiger partial charge in [0.2, 0.25) is 5.91 Å². The first-order valence-corrected chi connectivity index (χ1v) is 12.2. The number of anilines is 1. The van der Waals surface area contributed by atoms with Crippen LogP contribution in [0.2, 0.25) is 0 Å². The van der Waals surface area contributed by atoms with E-state index in [1.165, 1.54) is 12.1 Å². The van der Waals surface area contributed by atoms with E-state index in [-0.39, 0.29) is 18.0 Å². The van der Waals surface area contributed by atoms with Gasteiger partial charge in [0.05, 0.1) is 42.7 Å². The Labute approximate surface area is 201 Å². The molecule has 0 radical (unpaired) electrons. The van der Waals surface area contributed by atoms with Crippen LogP contribution in [-0.2, 0) is 22.5 Å². The molecule has 34 heavy (non-hydrogen) atoms. The lowest BCUT2D eigenvalue weighted by molar-refractivity contribution is -0.384. The molecule has 1 fully saturated rings. The van der Waals surface area contributed by atoms with Crippen LogP contribution in [-0.4, -0.2) is 69.2 Å². The third-order valence-electron chi connectivity index (χ3n) is 5.36. The topological polar surface area (TPSA) is 128 Å². The van der Waals surface area contributed by atoms with Crippen molar-refractivity contribution in [2.24, 2.45) is 0 Å². The van der Waals surface area contributed by atoms with Crippen LogP contribution in [0.1, 0.15) is 18.9 Å². The summed E-state index contributed by atoms with van der Waals surface area (Å²) in [6.45, 7) is 5.85. The minimum absolute atomic E-state index is 0.00428. The van der Waals surface area contributed by atoms with Gasteiger partial charge in [-0.3, -0.25) is 14.9 Å². The Morgan fingerprint density at radius 2 is 2.00 bits per heavy atom. The molecule has 3 heterocycles. The summed E-state index contributed by atoms with van der Waals surface area (Å²) in [5, 5.41) is 19.8. The number of aromatic nitrogens is 4. The van der Waals surface area contributed by atoms with Crippen LogP contribution in [0.25, 0.3) is 11.0 Å². The number of carbonyl (C=O) groups excluding carboxylic acids is 1. The molecule has 1 aliphatic rings. The van der Waals surface area contributed by atoms with E-state index in [1.807, 2.05) is 0 Å². The summed E-state index contributed by atoms with van der Waals surface area (Å²) < 4.78 is 7.28. The maximum absolute atomic E-state index is 12.3. The highest BCUT2D eigenvalue weighted by molar-refractivity contribution is 7.99. The Morgan fingerprint density at radius 1 is 1.24 bits per heavy atom. The van der Waals surface area contributed by atoms with Gasteiger partial charge in [-0.1, -0.05) is 30.8 Å². The molecule has 4 rings (SSSR count). The molecule has 0 saturated carbocycles. The molecule has 0 spiro atoms. The zero-order chi connectivity index (χ0) is 23.9. The molecule has 2 aromatic heterocycles. The van der Waals surface area contributed by atoms with E-state index in [1.54, 1.807) is 34.8 Å². The second kappa shape index (κ2) is 11.3. The van der Waals surface area contributed by atoms with Crippen LogP contribution in [0, 0.1) is 10.1 Å². The lowest BCUT2D eigenvalue weighted by atomic mass is 10.1. The van der Waals surface area contributed by atoms with Gasteiger partial charge in [-0.2, -0.15) is 5.10 Å². The molecule has 3 aromatic rings. The fourth-order valence-corrected chi connectivity index (χ4v) is 4.33. The molecule has 0 bridgehead atoms. The van der Waals surface area contributed by atoms with Gasteiger partial charge in [0.1, 0.15) is 5.82 Å². The van der Waals surface area contributed by atoms with Gasteiger partial charge >= 0.3 is 0 Å². The van der Waals surface area contributed by atoms with E-state index < -0.39 is 4.92 Å². The molecule has 1 saturated heterocycles. The Kier molecular flexibility index (Phi) is 7.91. The number of nitrogens with zero attached hydrogens (tertiary/aromatic N) is 6. The van der Waals surface area contributed by atoms with Gasteiger partial charge < -0.3 is 15.0 Å². The van der Waals surface area contributed by atoms with Gasteiger partial charge in [-0.25, -0.2) is 14.6 Å². The SMILES string of the molecule is CCCSc1nc(N2CCOCC2)c2cnn(CCNC(=O)Cc3ccc([N+](=O)[O-])cc3)c2n1. The molecule has 12 heteroatoms. The fraction of sp³-hybridized carbons (Fsp3) is 0.455. The molecule has 1 amide bonds. The van der Waals surface area contributed by atoms with Gasteiger partial charge in [-0.15, -0.1) is 0 Å². The molecule has 0 unspecified atom stereocenters. The predicted octanol–water partition coefficient (Wildman–Crippen LogP) is 2.43. The maximum atomic E-state index is 12.3. The first-order valence-electron chi connectivity index (χ1n) is 11.2. The van der Waals surface area contributed by atoms with Crippen LogP contribution in [0.5, 0.6) is 0 Å². The quantitative estimate of drug-likeness (QED) is 0.199. The van der Waals surface area contributed by atoms with Crippen molar-refractivity contribution in [2.75, 3.05) is 43.5 Å². The first-order chi connectivity index (χ1) is 16.5.